The zero-order valence-corrected chi connectivity index (χ0v) is 12.4. The number of hydrogen-bond acceptors (Lipinski definition) is 2. The van der Waals surface area contributed by atoms with E-state index in [1.54, 1.807) is 24.0 Å². The van der Waals surface area contributed by atoms with E-state index in [0.29, 0.717) is 0 Å². The number of thioether (sulfide) groups is 1. The van der Waals surface area contributed by atoms with E-state index in [2.05, 4.69) is 35.5 Å². The molecule has 0 unspecified atom stereocenters. The van der Waals surface area contributed by atoms with Gasteiger partial charge in [0.05, 0.1) is 5.69 Å². The van der Waals surface area contributed by atoms with Gasteiger partial charge in [-0.05, 0) is 53.8 Å². The minimum atomic E-state index is -0.227. The molecule has 0 N–H and O–H groups in total. The predicted molar refractivity (Wildman–Crippen MR) is 86.8 cm³/mol. The monoisotopic (exact) mass is 295 g/mol. The molecule has 0 saturated heterocycles. The summed E-state index contributed by atoms with van der Waals surface area (Å²) in [6.45, 7) is 0. The van der Waals surface area contributed by atoms with Gasteiger partial charge in [0.25, 0.3) is 0 Å². The maximum absolute atomic E-state index is 13.3. The Morgan fingerprint density at radius 3 is 2.33 bits per heavy atom. The number of aromatic nitrogens is 1. The lowest BCUT2D eigenvalue weighted by atomic mass is 10.0. The van der Waals surface area contributed by atoms with Crippen LogP contribution in [0.4, 0.5) is 4.39 Å². The zero-order chi connectivity index (χ0) is 14.7. The quantitative estimate of drug-likeness (QED) is 0.610. The standard InChI is InChI=1S/C18H14FNS/c1-21-17-7-5-13(6-8-17)18-12-15(9-10-20-18)14-3-2-4-16(19)11-14/h2-12H,1H3. The van der Waals surface area contributed by atoms with Gasteiger partial charge >= 0.3 is 0 Å². The van der Waals surface area contributed by atoms with Gasteiger partial charge in [-0.25, -0.2) is 4.39 Å². The highest BCUT2D eigenvalue weighted by Gasteiger charge is 2.04. The van der Waals surface area contributed by atoms with Crippen LogP contribution in [0, 0.1) is 5.82 Å². The lowest BCUT2D eigenvalue weighted by Gasteiger charge is -2.06. The molecule has 0 aliphatic heterocycles. The fraction of sp³-hybridized carbons (Fsp3) is 0.0556. The molecule has 2 aromatic carbocycles. The second-order valence-electron chi connectivity index (χ2n) is 4.67. The van der Waals surface area contributed by atoms with Crippen molar-refractivity contribution < 1.29 is 4.39 Å². The first kappa shape index (κ1) is 13.8. The van der Waals surface area contributed by atoms with E-state index < -0.39 is 0 Å². The van der Waals surface area contributed by atoms with Gasteiger partial charge in [-0.3, -0.25) is 4.98 Å². The van der Waals surface area contributed by atoms with Crippen LogP contribution in [-0.4, -0.2) is 11.2 Å². The number of halogens is 1. The SMILES string of the molecule is CSc1ccc(-c2cc(-c3cccc(F)c3)ccn2)cc1. The summed E-state index contributed by atoms with van der Waals surface area (Å²) in [5, 5.41) is 0. The highest BCUT2D eigenvalue weighted by molar-refractivity contribution is 7.98. The van der Waals surface area contributed by atoms with Crippen molar-refractivity contribution in [2.75, 3.05) is 6.26 Å². The summed E-state index contributed by atoms with van der Waals surface area (Å²) in [6.07, 6.45) is 3.82. The summed E-state index contributed by atoms with van der Waals surface area (Å²) in [4.78, 5) is 5.63. The molecule has 0 aliphatic carbocycles. The van der Waals surface area contributed by atoms with Crippen molar-refractivity contribution in [3.05, 3.63) is 72.7 Å². The lowest BCUT2D eigenvalue weighted by Crippen LogP contribution is -1.86. The summed E-state index contributed by atoms with van der Waals surface area (Å²) in [7, 11) is 0. The first-order valence-electron chi connectivity index (χ1n) is 6.63. The van der Waals surface area contributed by atoms with Crippen molar-refractivity contribution in [2.45, 2.75) is 4.90 Å². The van der Waals surface area contributed by atoms with Gasteiger partial charge in [-0.2, -0.15) is 0 Å². The molecule has 3 heteroatoms. The predicted octanol–water partition coefficient (Wildman–Crippen LogP) is 5.28. The third-order valence-corrected chi connectivity index (χ3v) is 4.05. The van der Waals surface area contributed by atoms with Crippen LogP contribution in [0.3, 0.4) is 0 Å². The third-order valence-electron chi connectivity index (χ3n) is 3.30. The minimum absolute atomic E-state index is 0.227. The van der Waals surface area contributed by atoms with Crippen molar-refractivity contribution in [1.29, 1.82) is 0 Å². The summed E-state index contributed by atoms with van der Waals surface area (Å²) < 4.78 is 13.3. The first-order valence-corrected chi connectivity index (χ1v) is 7.85. The third kappa shape index (κ3) is 3.14. The van der Waals surface area contributed by atoms with Gasteiger partial charge in [0.15, 0.2) is 0 Å². The second-order valence-corrected chi connectivity index (χ2v) is 5.55. The molecule has 0 fully saturated rings. The Labute approximate surface area is 127 Å². The Hall–Kier alpha value is -2.13. The average molecular weight is 295 g/mol. The van der Waals surface area contributed by atoms with E-state index in [1.807, 2.05) is 18.2 Å². The van der Waals surface area contributed by atoms with Crippen LogP contribution in [0.5, 0.6) is 0 Å². The minimum Gasteiger partial charge on any atom is -0.256 e. The summed E-state index contributed by atoms with van der Waals surface area (Å²) in [5.74, 6) is -0.227. The summed E-state index contributed by atoms with van der Waals surface area (Å²) >= 11 is 1.71. The molecular weight excluding hydrogens is 281 g/mol. The van der Waals surface area contributed by atoms with Crippen LogP contribution in [0.25, 0.3) is 22.4 Å². The zero-order valence-electron chi connectivity index (χ0n) is 11.6. The Kier molecular flexibility index (Phi) is 4.02. The number of hydrogen-bond donors (Lipinski definition) is 0. The molecule has 0 radical (unpaired) electrons. The molecule has 0 bridgehead atoms. The van der Waals surface area contributed by atoms with Crippen molar-refractivity contribution in [3.63, 3.8) is 0 Å². The molecule has 3 rings (SSSR count). The number of nitrogens with zero attached hydrogens (tertiary/aromatic N) is 1. The van der Waals surface area contributed by atoms with Crippen LogP contribution in [-0.2, 0) is 0 Å². The van der Waals surface area contributed by atoms with E-state index in [1.165, 1.54) is 17.0 Å². The topological polar surface area (TPSA) is 12.9 Å². The highest BCUT2D eigenvalue weighted by atomic mass is 32.2. The Bertz CT molecular complexity index is 753. The molecule has 21 heavy (non-hydrogen) atoms. The molecule has 0 amide bonds. The molecule has 0 saturated carbocycles. The normalized spacial score (nSPS) is 10.6. The molecule has 3 aromatic rings. The second kappa shape index (κ2) is 6.10. The van der Waals surface area contributed by atoms with Crippen LogP contribution in [0.2, 0.25) is 0 Å². The molecular formula is C18H14FNS. The van der Waals surface area contributed by atoms with Crippen molar-refractivity contribution in [1.82, 2.24) is 4.98 Å². The average Bonchev–Trinajstić information content (AvgIpc) is 2.55. The van der Waals surface area contributed by atoms with E-state index in [0.717, 1.165) is 22.4 Å². The van der Waals surface area contributed by atoms with E-state index in [9.17, 15) is 4.39 Å². The van der Waals surface area contributed by atoms with Gasteiger partial charge in [0.2, 0.25) is 0 Å². The molecule has 0 atom stereocenters. The van der Waals surface area contributed by atoms with Gasteiger partial charge in [-0.1, -0.05) is 24.3 Å². The number of benzene rings is 2. The molecule has 0 aliphatic rings. The first-order chi connectivity index (χ1) is 10.3. The fourth-order valence-electron chi connectivity index (χ4n) is 2.20. The summed E-state index contributed by atoms with van der Waals surface area (Å²) in [5.41, 5.74) is 3.78. The maximum atomic E-state index is 13.3. The molecule has 1 heterocycles. The highest BCUT2D eigenvalue weighted by Crippen LogP contribution is 2.26. The molecule has 1 aromatic heterocycles. The fourth-order valence-corrected chi connectivity index (χ4v) is 2.61. The van der Waals surface area contributed by atoms with Crippen LogP contribution < -0.4 is 0 Å². The van der Waals surface area contributed by atoms with E-state index in [-0.39, 0.29) is 5.82 Å². The lowest BCUT2D eigenvalue weighted by molar-refractivity contribution is 0.628. The van der Waals surface area contributed by atoms with Gasteiger partial charge in [0, 0.05) is 16.7 Å². The van der Waals surface area contributed by atoms with E-state index >= 15 is 0 Å². The smallest absolute Gasteiger partial charge is 0.123 e. The molecule has 0 spiro atoms. The largest absolute Gasteiger partial charge is 0.256 e. The molecule has 1 nitrogen and oxygen atoms in total. The van der Waals surface area contributed by atoms with Crippen LogP contribution in [0.15, 0.2) is 71.8 Å². The van der Waals surface area contributed by atoms with Crippen molar-refractivity contribution in [2.24, 2.45) is 0 Å². The van der Waals surface area contributed by atoms with Crippen LogP contribution >= 0.6 is 11.8 Å². The Morgan fingerprint density at radius 2 is 1.62 bits per heavy atom. The summed E-state index contributed by atoms with van der Waals surface area (Å²) in [6, 6.07) is 18.8. The maximum Gasteiger partial charge on any atom is 0.123 e. The Balaban J connectivity index is 1.99. The number of pyridine rings is 1. The van der Waals surface area contributed by atoms with Crippen LogP contribution in [0.1, 0.15) is 0 Å². The van der Waals surface area contributed by atoms with Crippen molar-refractivity contribution in [3.8, 4) is 22.4 Å². The number of rotatable bonds is 3. The van der Waals surface area contributed by atoms with Gasteiger partial charge in [-0.15, -0.1) is 11.8 Å². The van der Waals surface area contributed by atoms with E-state index in [4.69, 9.17) is 0 Å². The van der Waals surface area contributed by atoms with Crippen molar-refractivity contribution >= 4 is 11.8 Å². The molecule has 104 valence electrons. The van der Waals surface area contributed by atoms with Gasteiger partial charge in [0.1, 0.15) is 5.82 Å². The van der Waals surface area contributed by atoms with Gasteiger partial charge < -0.3 is 0 Å². The Morgan fingerprint density at radius 1 is 0.857 bits per heavy atom.